The third-order valence-corrected chi connectivity index (χ3v) is 14.6. The molecule has 0 spiro atoms. The fourth-order valence-electron chi connectivity index (χ4n) is 7.47. The van der Waals surface area contributed by atoms with Gasteiger partial charge in [0.25, 0.3) is 22.8 Å². The molecule has 2 fully saturated rings. The molecule has 0 radical (unpaired) electrons. The van der Waals surface area contributed by atoms with E-state index < -0.39 is 120 Å². The van der Waals surface area contributed by atoms with Gasteiger partial charge in [-0.15, -0.1) is 0 Å². The maximum absolute atomic E-state index is 13.0. The number of hydrogen-bond donors (Lipinski definition) is 10. The number of H-pyrrole nitrogens is 2. The van der Waals surface area contributed by atoms with Crippen molar-refractivity contribution in [3.05, 3.63) is 73.3 Å². The molecule has 7 rings (SSSR count). The molecule has 0 bridgehead atoms. The Bertz CT molecular complexity index is 2980. The second-order valence-corrected chi connectivity index (χ2v) is 20.9. The van der Waals surface area contributed by atoms with Gasteiger partial charge < -0.3 is 60.4 Å². The molecule has 68 heavy (non-hydrogen) atoms. The first-order valence-electron chi connectivity index (χ1n) is 19.7. The third kappa shape index (κ3) is 10.8. The van der Waals surface area contributed by atoms with E-state index in [-0.39, 0.29) is 45.5 Å². The number of imidazole rings is 2. The number of fused-ring (bicyclic) bond motifs is 2. The van der Waals surface area contributed by atoms with Crippen molar-refractivity contribution in [2.24, 2.45) is 12.5 Å². The average molecular weight is 1020 g/mol. The van der Waals surface area contributed by atoms with Gasteiger partial charge in [0.15, 0.2) is 23.7 Å². The van der Waals surface area contributed by atoms with E-state index in [0.29, 0.717) is 0 Å². The molecule has 1 aromatic carbocycles. The van der Waals surface area contributed by atoms with Crippen molar-refractivity contribution in [2.45, 2.75) is 76.0 Å². The van der Waals surface area contributed by atoms with E-state index >= 15 is 0 Å². The lowest BCUT2D eigenvalue weighted by Crippen LogP contribution is -2.47. The molecule has 12 atom stereocenters. The quantitative estimate of drug-likeness (QED) is 0.0168. The van der Waals surface area contributed by atoms with Gasteiger partial charge in [0.1, 0.15) is 43.4 Å². The number of nitrogens with one attached hydrogen (secondary N) is 2. The standard InChI is InChI=1S/C33H44N11O21P3/c1-33(2,3)24(14-7-5-6-8-15(14)44(50)51)59-13-58-23-21(46)17(63-30(23)43-12-41(4)19-26(43)38-32(35)40-28(19)49)10-61-67(54,55)65-68(56,57)64-66(52,53)60-9-16-20(45)22(47)29(62-16)42-11-36-18-25(42)37-31(34)39-27(18)48/h5-8,11-12,16-17,20-24,29-30,45-47H,9-10,13H2,1-4H3,(H8-,34,35,37,38,39,40,48,49,52,53,54,55,56,57)/p+1/t16-,17-,20+,21+,22?,23?,24?,29-,30-/m1/s1. The van der Waals surface area contributed by atoms with Gasteiger partial charge in [-0.05, 0) is 11.5 Å². The molecule has 2 aliphatic rings. The largest absolute Gasteiger partial charge is 0.490 e. The van der Waals surface area contributed by atoms with Crippen molar-refractivity contribution < 1.29 is 89.8 Å². The van der Waals surface area contributed by atoms with Crippen LogP contribution in [0.4, 0.5) is 17.6 Å². The Morgan fingerprint density at radius 1 is 0.912 bits per heavy atom. The number of hydrogen-bond acceptors (Lipinski definition) is 23. The number of aryl methyl sites for hydroxylation is 1. The molecular weight excluding hydrogens is 979 g/mol. The van der Waals surface area contributed by atoms with Gasteiger partial charge in [0, 0.05) is 6.07 Å². The lowest BCUT2D eigenvalue weighted by Gasteiger charge is -2.31. The summed E-state index contributed by atoms with van der Waals surface area (Å²) >= 11 is 0. The summed E-state index contributed by atoms with van der Waals surface area (Å²) in [5.74, 6) is -0.638. The Labute approximate surface area is 379 Å². The number of nitro groups is 1. The minimum Gasteiger partial charge on any atom is -0.387 e. The lowest BCUT2D eigenvalue weighted by molar-refractivity contribution is -0.746. The highest BCUT2D eigenvalue weighted by molar-refractivity contribution is 7.66. The molecule has 35 heteroatoms. The van der Waals surface area contributed by atoms with E-state index in [0.717, 1.165) is 10.9 Å². The lowest BCUT2D eigenvalue weighted by atomic mass is 9.84. The number of phosphoric ester groups is 2. The number of ether oxygens (including phenoxy) is 4. The number of rotatable bonds is 18. The summed E-state index contributed by atoms with van der Waals surface area (Å²) in [6.45, 7) is 2.33. The van der Waals surface area contributed by atoms with Crippen LogP contribution in [0, 0.1) is 15.5 Å². The van der Waals surface area contributed by atoms with Crippen LogP contribution in [0.3, 0.4) is 0 Å². The molecule has 4 aromatic heterocycles. The van der Waals surface area contributed by atoms with Crippen LogP contribution in [0.2, 0.25) is 0 Å². The van der Waals surface area contributed by atoms with Crippen LogP contribution in [0.15, 0.2) is 46.5 Å². The molecule has 32 nitrogen and oxygen atoms in total. The molecule has 2 aliphatic heterocycles. The van der Waals surface area contributed by atoms with Crippen LogP contribution in [-0.4, -0.2) is 126 Å². The normalized spacial score (nSPS) is 26.4. The predicted molar refractivity (Wildman–Crippen MR) is 224 cm³/mol. The number of nitrogen functional groups attached to an aromatic ring is 2. The Morgan fingerprint density at radius 3 is 2.15 bits per heavy atom. The Morgan fingerprint density at radius 2 is 1.51 bits per heavy atom. The van der Waals surface area contributed by atoms with Crippen LogP contribution in [-0.2, 0) is 57.4 Å². The van der Waals surface area contributed by atoms with Gasteiger partial charge in [0.05, 0.1) is 43.2 Å². The molecule has 6 unspecified atom stereocenters. The molecule has 5 aromatic rings. The number of anilines is 2. The number of nitrogens with zero attached hydrogens (tertiary/aromatic N) is 7. The van der Waals surface area contributed by atoms with Crippen molar-refractivity contribution in [2.75, 3.05) is 31.5 Å². The monoisotopic (exact) mass is 1020 g/mol. The molecule has 0 amide bonds. The summed E-state index contributed by atoms with van der Waals surface area (Å²) in [4.78, 5) is 83.7. The van der Waals surface area contributed by atoms with Crippen molar-refractivity contribution in [1.29, 1.82) is 0 Å². The highest BCUT2D eigenvalue weighted by Gasteiger charge is 2.51. The number of benzene rings is 1. The van der Waals surface area contributed by atoms with Gasteiger partial charge in [-0.2, -0.15) is 13.6 Å². The first kappa shape index (κ1) is 50.9. The zero-order valence-electron chi connectivity index (χ0n) is 35.7. The Balaban J connectivity index is 1.02. The number of aliphatic hydroxyl groups excluding tert-OH is 3. The number of nitro benzene ring substituents is 1. The summed E-state index contributed by atoms with van der Waals surface area (Å²) in [6, 6.07) is 5.85. The minimum absolute atomic E-state index is 0.0207. The van der Waals surface area contributed by atoms with Gasteiger partial charge in [-0.1, -0.05) is 37.9 Å². The van der Waals surface area contributed by atoms with E-state index in [1.807, 2.05) is 0 Å². The van der Waals surface area contributed by atoms with Crippen molar-refractivity contribution in [1.82, 2.24) is 34.1 Å². The summed E-state index contributed by atoms with van der Waals surface area (Å²) in [6.07, 6.45) is -12.0. The maximum atomic E-state index is 13.0. The van der Waals surface area contributed by atoms with Crippen LogP contribution >= 0.6 is 23.5 Å². The van der Waals surface area contributed by atoms with E-state index in [1.165, 1.54) is 40.7 Å². The molecule has 12 N–H and O–H groups in total. The summed E-state index contributed by atoms with van der Waals surface area (Å²) in [7, 11) is -16.2. The smallest absolute Gasteiger partial charge is 0.387 e. The fraction of sp³-hybridized carbons (Fsp3) is 0.515. The Hall–Kier alpha value is -4.95. The highest BCUT2D eigenvalue weighted by Crippen LogP contribution is 2.68. The van der Waals surface area contributed by atoms with Crippen LogP contribution < -0.4 is 27.2 Å². The van der Waals surface area contributed by atoms with E-state index in [1.54, 1.807) is 26.8 Å². The molecule has 0 saturated carbocycles. The molecule has 2 saturated heterocycles. The molecule has 0 aliphatic carbocycles. The van der Waals surface area contributed by atoms with Crippen LogP contribution in [0.25, 0.3) is 22.3 Å². The third-order valence-electron chi connectivity index (χ3n) is 10.4. The molecule has 6 heterocycles. The minimum atomic E-state index is -6.11. The van der Waals surface area contributed by atoms with Crippen molar-refractivity contribution in [3.8, 4) is 0 Å². The average Bonchev–Trinajstić information content (AvgIpc) is 3.95. The second kappa shape index (κ2) is 19.1. The fourth-order valence-corrected chi connectivity index (χ4v) is 11.0. The van der Waals surface area contributed by atoms with Gasteiger partial charge in [0.2, 0.25) is 17.7 Å². The maximum Gasteiger partial charge on any atom is 0.490 e. The van der Waals surface area contributed by atoms with E-state index in [4.69, 9.17) is 34.9 Å². The first-order chi connectivity index (χ1) is 31.7. The van der Waals surface area contributed by atoms with Crippen LogP contribution in [0.5, 0.6) is 0 Å². The second-order valence-electron chi connectivity index (χ2n) is 16.3. The number of nitrogens with two attached hydrogens (primary N) is 2. The summed E-state index contributed by atoms with van der Waals surface area (Å²) < 4.78 is 83.5. The van der Waals surface area contributed by atoms with Crippen molar-refractivity contribution >= 4 is 63.4 Å². The molecular formula is C33H45N11O21P3+. The summed E-state index contributed by atoms with van der Waals surface area (Å²) in [5.41, 5.74) is 8.68. The number of aromatic amines is 2. The Kier molecular flexibility index (Phi) is 14.3. The number of aromatic nitrogens is 8. The highest BCUT2D eigenvalue weighted by atomic mass is 31.3. The SMILES string of the molecule is Cn1c[n+]([C@@H]2O[C@H](COP(=O)(O)OP(=O)(O)OP(=O)(O)OC[C@H]3O[C@@H](n4cnc5c(=O)[nH]c(N)nc54)C(O)[C@H]3O)[C@H](O)C2OCOC(c2ccccc2[N+](=O)[O-])C(C)(C)C)c2nc(N)[nH]c(=O)c21. The predicted octanol–water partition coefficient (Wildman–Crippen LogP) is -0.853. The number of aliphatic hydroxyl groups is 3. The zero-order valence-corrected chi connectivity index (χ0v) is 38.4. The van der Waals surface area contributed by atoms with Gasteiger partial charge in [-0.3, -0.25) is 47.9 Å². The number of phosphoric acid groups is 3. The van der Waals surface area contributed by atoms with Gasteiger partial charge in [-0.25, -0.2) is 23.2 Å². The van der Waals surface area contributed by atoms with Crippen LogP contribution in [0.1, 0.15) is 44.9 Å². The zero-order chi connectivity index (χ0) is 49.8. The molecule has 372 valence electrons. The summed E-state index contributed by atoms with van der Waals surface area (Å²) in [5, 5.41) is 44.6. The van der Waals surface area contributed by atoms with E-state index in [2.05, 4.69) is 38.1 Å². The first-order valence-corrected chi connectivity index (χ1v) is 24.2. The van der Waals surface area contributed by atoms with Crippen molar-refractivity contribution in [3.63, 3.8) is 0 Å². The topological polar surface area (TPSA) is 460 Å². The number of para-hydroxylation sites is 1. The van der Waals surface area contributed by atoms with E-state index in [9.17, 15) is 63.4 Å². The van der Waals surface area contributed by atoms with Gasteiger partial charge >= 0.3 is 29.1 Å².